The Hall–Kier alpha value is -0.900. The second-order valence-electron chi connectivity index (χ2n) is 2.67. The number of carbonyl (C=O) groups excluding carboxylic acids is 2. The predicted molar refractivity (Wildman–Crippen MR) is 46.8 cm³/mol. The van der Waals surface area contributed by atoms with Gasteiger partial charge >= 0.3 is 0 Å². The summed E-state index contributed by atoms with van der Waals surface area (Å²) >= 11 is 0. The summed E-state index contributed by atoms with van der Waals surface area (Å²) in [6, 6.07) is -0.387. The monoisotopic (exact) mass is 172 g/mol. The Balaban J connectivity index is 3.87. The van der Waals surface area contributed by atoms with Gasteiger partial charge in [0.2, 0.25) is 5.91 Å². The summed E-state index contributed by atoms with van der Waals surface area (Å²) in [5.74, 6) is -0.195. The summed E-state index contributed by atoms with van der Waals surface area (Å²) in [7, 11) is 0. The van der Waals surface area contributed by atoms with E-state index in [9.17, 15) is 9.59 Å². The molecule has 4 nitrogen and oxygen atoms in total. The van der Waals surface area contributed by atoms with Crippen LogP contribution in [0, 0.1) is 0 Å². The van der Waals surface area contributed by atoms with Crippen molar-refractivity contribution in [3.63, 3.8) is 0 Å². The van der Waals surface area contributed by atoms with Gasteiger partial charge in [0.25, 0.3) is 0 Å². The van der Waals surface area contributed by atoms with Gasteiger partial charge in [-0.1, -0.05) is 6.92 Å². The van der Waals surface area contributed by atoms with E-state index in [1.807, 2.05) is 6.92 Å². The van der Waals surface area contributed by atoms with E-state index in [2.05, 4.69) is 10.6 Å². The van der Waals surface area contributed by atoms with Gasteiger partial charge in [0, 0.05) is 13.5 Å². The molecule has 0 radical (unpaired) electrons. The minimum Gasteiger partial charge on any atom is -0.345 e. The molecular weight excluding hydrogens is 156 g/mol. The molecule has 0 spiro atoms. The molecule has 2 N–H and O–H groups in total. The van der Waals surface area contributed by atoms with Crippen LogP contribution in [-0.2, 0) is 9.59 Å². The van der Waals surface area contributed by atoms with Crippen molar-refractivity contribution in [2.24, 2.45) is 0 Å². The van der Waals surface area contributed by atoms with Crippen molar-refractivity contribution in [1.82, 2.24) is 10.6 Å². The number of Topliss-reactive ketones (excluding diaryl/α,β-unsaturated/α-hetero) is 1. The quantitative estimate of drug-likeness (QED) is 0.598. The Morgan fingerprint density at radius 3 is 2.25 bits per heavy atom. The number of carbonyl (C=O) groups is 2. The highest BCUT2D eigenvalue weighted by molar-refractivity contribution is 5.86. The molecule has 0 heterocycles. The van der Waals surface area contributed by atoms with Crippen molar-refractivity contribution in [3.05, 3.63) is 0 Å². The van der Waals surface area contributed by atoms with Gasteiger partial charge in [0.15, 0.2) is 5.78 Å². The highest BCUT2D eigenvalue weighted by atomic mass is 16.2. The number of amides is 1. The van der Waals surface area contributed by atoms with Gasteiger partial charge in [-0.3, -0.25) is 9.59 Å². The maximum Gasteiger partial charge on any atom is 0.217 e. The van der Waals surface area contributed by atoms with Crippen molar-refractivity contribution in [1.29, 1.82) is 0 Å². The predicted octanol–water partition coefficient (Wildman–Crippen LogP) is -0.310. The third kappa shape index (κ3) is 4.85. The minimum atomic E-state index is -0.387. The average molecular weight is 172 g/mol. The van der Waals surface area contributed by atoms with Gasteiger partial charge in [-0.25, -0.2) is 0 Å². The first-order valence-electron chi connectivity index (χ1n) is 4.06. The SMILES string of the molecule is CCNCC(NC(C)=O)C(C)=O. The number of hydrogen-bond acceptors (Lipinski definition) is 3. The molecule has 0 fully saturated rings. The average Bonchev–Trinajstić information content (AvgIpc) is 1.96. The molecule has 0 bridgehead atoms. The van der Waals surface area contributed by atoms with Crippen molar-refractivity contribution in [3.8, 4) is 0 Å². The second kappa shape index (κ2) is 5.71. The molecule has 1 amide bonds. The first-order chi connectivity index (χ1) is 5.57. The lowest BCUT2D eigenvalue weighted by molar-refractivity contribution is -0.125. The summed E-state index contributed by atoms with van der Waals surface area (Å²) in [6.45, 7) is 6.12. The molecule has 0 aliphatic heterocycles. The molecule has 4 heteroatoms. The van der Waals surface area contributed by atoms with Crippen LogP contribution in [0.25, 0.3) is 0 Å². The molecule has 0 aliphatic rings. The Morgan fingerprint density at radius 1 is 1.33 bits per heavy atom. The third-order valence-corrected chi connectivity index (χ3v) is 1.47. The lowest BCUT2D eigenvalue weighted by Gasteiger charge is -2.14. The van der Waals surface area contributed by atoms with E-state index in [1.165, 1.54) is 13.8 Å². The smallest absolute Gasteiger partial charge is 0.217 e. The molecule has 1 unspecified atom stereocenters. The van der Waals surface area contributed by atoms with E-state index < -0.39 is 0 Å². The highest BCUT2D eigenvalue weighted by Gasteiger charge is 2.13. The molecule has 0 aromatic rings. The van der Waals surface area contributed by atoms with Gasteiger partial charge in [0.05, 0.1) is 6.04 Å². The largest absolute Gasteiger partial charge is 0.345 e. The zero-order valence-corrected chi connectivity index (χ0v) is 7.81. The van der Waals surface area contributed by atoms with Crippen molar-refractivity contribution in [2.45, 2.75) is 26.8 Å². The second-order valence-corrected chi connectivity index (χ2v) is 2.67. The Morgan fingerprint density at radius 2 is 1.92 bits per heavy atom. The summed E-state index contributed by atoms with van der Waals surface area (Å²) in [5, 5.41) is 5.56. The van der Waals surface area contributed by atoms with Crippen LogP contribution in [0.2, 0.25) is 0 Å². The standard InChI is InChI=1S/C8H16N2O2/c1-4-9-5-8(6(2)11)10-7(3)12/h8-9H,4-5H2,1-3H3,(H,10,12). The van der Waals surface area contributed by atoms with Crippen LogP contribution < -0.4 is 10.6 Å². The van der Waals surface area contributed by atoms with E-state index in [0.717, 1.165) is 6.54 Å². The highest BCUT2D eigenvalue weighted by Crippen LogP contribution is 1.84. The zero-order valence-electron chi connectivity index (χ0n) is 7.81. The molecule has 0 saturated heterocycles. The van der Waals surface area contributed by atoms with Crippen LogP contribution in [0.4, 0.5) is 0 Å². The van der Waals surface area contributed by atoms with E-state index >= 15 is 0 Å². The Labute approximate surface area is 72.7 Å². The van der Waals surface area contributed by atoms with Crippen LogP contribution in [-0.4, -0.2) is 30.8 Å². The van der Waals surface area contributed by atoms with E-state index in [0.29, 0.717) is 6.54 Å². The van der Waals surface area contributed by atoms with Gasteiger partial charge in [-0.15, -0.1) is 0 Å². The first kappa shape index (κ1) is 11.1. The van der Waals surface area contributed by atoms with Crippen molar-refractivity contribution in [2.75, 3.05) is 13.1 Å². The summed E-state index contributed by atoms with van der Waals surface area (Å²) in [4.78, 5) is 21.6. The number of rotatable bonds is 5. The van der Waals surface area contributed by atoms with Crippen LogP contribution in [0.3, 0.4) is 0 Å². The number of likely N-dealkylation sites (N-methyl/N-ethyl adjacent to an activating group) is 1. The van der Waals surface area contributed by atoms with Gasteiger partial charge in [-0.2, -0.15) is 0 Å². The fraction of sp³-hybridized carbons (Fsp3) is 0.750. The number of hydrogen-bond donors (Lipinski definition) is 2. The normalized spacial score (nSPS) is 12.2. The third-order valence-electron chi connectivity index (χ3n) is 1.47. The molecule has 0 aromatic heterocycles. The molecule has 0 rings (SSSR count). The van der Waals surface area contributed by atoms with Crippen molar-refractivity contribution < 1.29 is 9.59 Å². The van der Waals surface area contributed by atoms with Crippen molar-refractivity contribution >= 4 is 11.7 Å². The van der Waals surface area contributed by atoms with Crippen LogP contribution in [0.5, 0.6) is 0 Å². The number of ketones is 1. The molecule has 0 saturated carbocycles. The van der Waals surface area contributed by atoms with Crippen LogP contribution in [0.15, 0.2) is 0 Å². The molecule has 0 aromatic carbocycles. The zero-order chi connectivity index (χ0) is 9.56. The summed E-state index contributed by atoms with van der Waals surface area (Å²) in [5.41, 5.74) is 0. The summed E-state index contributed by atoms with van der Waals surface area (Å²) < 4.78 is 0. The Kier molecular flexibility index (Phi) is 5.28. The maximum atomic E-state index is 10.9. The van der Waals surface area contributed by atoms with Gasteiger partial charge < -0.3 is 10.6 Å². The van der Waals surface area contributed by atoms with E-state index in [4.69, 9.17) is 0 Å². The lowest BCUT2D eigenvalue weighted by atomic mass is 10.2. The van der Waals surface area contributed by atoms with E-state index in [1.54, 1.807) is 0 Å². The summed E-state index contributed by atoms with van der Waals surface area (Å²) in [6.07, 6.45) is 0. The maximum absolute atomic E-state index is 10.9. The molecular formula is C8H16N2O2. The molecule has 12 heavy (non-hydrogen) atoms. The fourth-order valence-electron chi connectivity index (χ4n) is 0.830. The molecule has 70 valence electrons. The van der Waals surface area contributed by atoms with Crippen LogP contribution >= 0.6 is 0 Å². The molecule has 1 atom stereocenters. The first-order valence-corrected chi connectivity index (χ1v) is 4.06. The van der Waals surface area contributed by atoms with Gasteiger partial charge in [0.1, 0.15) is 0 Å². The topological polar surface area (TPSA) is 58.2 Å². The lowest BCUT2D eigenvalue weighted by Crippen LogP contribution is -2.45. The van der Waals surface area contributed by atoms with E-state index in [-0.39, 0.29) is 17.7 Å². The Bertz CT molecular complexity index is 168. The van der Waals surface area contributed by atoms with Crippen LogP contribution in [0.1, 0.15) is 20.8 Å². The molecule has 0 aliphatic carbocycles. The minimum absolute atomic E-state index is 0.0221. The number of nitrogens with one attached hydrogen (secondary N) is 2. The van der Waals surface area contributed by atoms with Gasteiger partial charge in [-0.05, 0) is 13.5 Å². The fourth-order valence-corrected chi connectivity index (χ4v) is 0.830.